The average molecular weight is 313 g/mol. The first-order chi connectivity index (χ1) is 11.3. The summed E-state index contributed by atoms with van der Waals surface area (Å²) in [6.07, 6.45) is 3.59. The van der Waals surface area contributed by atoms with Gasteiger partial charge in [-0.3, -0.25) is 9.80 Å². The van der Waals surface area contributed by atoms with Crippen LogP contribution in [-0.4, -0.2) is 54.7 Å². The molecule has 2 saturated heterocycles. The maximum Gasteiger partial charge on any atom is 0.0991 e. The van der Waals surface area contributed by atoms with Crippen LogP contribution in [0.2, 0.25) is 0 Å². The van der Waals surface area contributed by atoms with Gasteiger partial charge in [0.2, 0.25) is 0 Å². The van der Waals surface area contributed by atoms with E-state index in [0.717, 1.165) is 51.5 Å². The van der Waals surface area contributed by atoms with Crippen LogP contribution >= 0.6 is 0 Å². The van der Waals surface area contributed by atoms with Crippen LogP contribution in [0.1, 0.15) is 37.3 Å². The maximum atomic E-state index is 8.88. The molecule has 2 aliphatic rings. The molecule has 0 unspecified atom stereocenters. The van der Waals surface area contributed by atoms with E-state index in [-0.39, 0.29) is 0 Å². The molecule has 0 aliphatic carbocycles. The van der Waals surface area contributed by atoms with Crippen LogP contribution in [0, 0.1) is 11.3 Å². The number of benzene rings is 1. The Balaban J connectivity index is 1.54. The molecule has 0 amide bonds. The van der Waals surface area contributed by atoms with Crippen molar-refractivity contribution in [1.29, 1.82) is 5.26 Å². The van der Waals surface area contributed by atoms with Crippen LogP contribution in [0.5, 0.6) is 0 Å². The second kappa shape index (κ2) is 7.44. The zero-order chi connectivity index (χ0) is 16.1. The second-order valence-corrected chi connectivity index (χ2v) is 6.76. The van der Waals surface area contributed by atoms with Crippen molar-refractivity contribution in [3.63, 3.8) is 0 Å². The number of hydrogen-bond acceptors (Lipinski definition) is 4. The molecule has 4 heteroatoms. The number of hydrogen-bond donors (Lipinski definition) is 0. The minimum Gasteiger partial charge on any atom is -0.381 e. The fourth-order valence-electron chi connectivity index (χ4n) is 3.97. The normalized spacial score (nSPS) is 22.6. The highest BCUT2D eigenvalue weighted by Crippen LogP contribution is 2.32. The first kappa shape index (κ1) is 16.4. The number of nitriles is 1. The quantitative estimate of drug-likeness (QED) is 0.857. The zero-order valence-corrected chi connectivity index (χ0v) is 14.1. The number of piperazine rings is 1. The third kappa shape index (κ3) is 3.74. The van der Waals surface area contributed by atoms with E-state index in [1.54, 1.807) is 0 Å². The zero-order valence-electron chi connectivity index (χ0n) is 14.1. The summed E-state index contributed by atoms with van der Waals surface area (Å²) in [5.41, 5.74) is 2.41. The molecular formula is C19H27N3O. The van der Waals surface area contributed by atoms with Gasteiger partial charge in [0.05, 0.1) is 11.6 Å². The first-order valence-electron chi connectivity index (χ1n) is 8.80. The van der Waals surface area contributed by atoms with Gasteiger partial charge in [0.15, 0.2) is 0 Å². The summed E-state index contributed by atoms with van der Waals surface area (Å²) in [7, 11) is 0. The fourth-order valence-corrected chi connectivity index (χ4v) is 3.97. The van der Waals surface area contributed by atoms with Gasteiger partial charge in [-0.25, -0.2) is 0 Å². The predicted molar refractivity (Wildman–Crippen MR) is 91.1 cm³/mol. The molecule has 124 valence electrons. The summed E-state index contributed by atoms with van der Waals surface area (Å²) >= 11 is 0. The topological polar surface area (TPSA) is 39.5 Å². The third-order valence-corrected chi connectivity index (χ3v) is 5.61. The Hall–Kier alpha value is -1.41. The summed E-state index contributed by atoms with van der Waals surface area (Å²) in [4.78, 5) is 5.24. The lowest BCUT2D eigenvalue weighted by Gasteiger charge is -2.49. The maximum absolute atomic E-state index is 8.88. The van der Waals surface area contributed by atoms with Gasteiger partial charge >= 0.3 is 0 Å². The Bertz CT molecular complexity index is 535. The van der Waals surface area contributed by atoms with Crippen molar-refractivity contribution in [2.24, 2.45) is 0 Å². The molecule has 0 atom stereocenters. The van der Waals surface area contributed by atoms with Crippen LogP contribution in [0.15, 0.2) is 24.3 Å². The predicted octanol–water partition coefficient (Wildman–Crippen LogP) is 2.64. The Morgan fingerprint density at radius 2 is 1.74 bits per heavy atom. The average Bonchev–Trinajstić information content (AvgIpc) is 2.63. The molecule has 23 heavy (non-hydrogen) atoms. The highest BCUT2D eigenvalue weighted by atomic mass is 16.5. The van der Waals surface area contributed by atoms with Crippen molar-refractivity contribution in [1.82, 2.24) is 9.80 Å². The summed E-state index contributed by atoms with van der Waals surface area (Å²) in [6.45, 7) is 9.72. The van der Waals surface area contributed by atoms with Crippen molar-refractivity contribution in [2.75, 3.05) is 39.4 Å². The lowest BCUT2D eigenvalue weighted by Crippen LogP contribution is -2.58. The lowest BCUT2D eigenvalue weighted by atomic mass is 9.85. The molecule has 2 heterocycles. The van der Waals surface area contributed by atoms with E-state index in [1.807, 2.05) is 12.1 Å². The Morgan fingerprint density at radius 3 is 2.30 bits per heavy atom. The Morgan fingerprint density at radius 1 is 1.09 bits per heavy atom. The number of ether oxygens (including phenoxy) is 1. The first-order valence-corrected chi connectivity index (χ1v) is 8.80. The third-order valence-electron chi connectivity index (χ3n) is 5.61. The van der Waals surface area contributed by atoms with Crippen molar-refractivity contribution in [3.05, 3.63) is 35.4 Å². The summed E-state index contributed by atoms with van der Waals surface area (Å²) < 4.78 is 5.58. The Labute approximate surface area is 139 Å². The van der Waals surface area contributed by atoms with Crippen LogP contribution in [0.3, 0.4) is 0 Å². The van der Waals surface area contributed by atoms with Crippen LogP contribution in [-0.2, 0) is 11.3 Å². The van der Waals surface area contributed by atoms with E-state index in [9.17, 15) is 0 Å². The molecule has 1 aromatic carbocycles. The van der Waals surface area contributed by atoms with E-state index in [4.69, 9.17) is 10.00 Å². The summed E-state index contributed by atoms with van der Waals surface area (Å²) in [5.74, 6) is 0. The van der Waals surface area contributed by atoms with E-state index >= 15 is 0 Å². The van der Waals surface area contributed by atoms with Gasteiger partial charge in [0.25, 0.3) is 0 Å². The van der Waals surface area contributed by atoms with Gasteiger partial charge in [-0.1, -0.05) is 19.1 Å². The van der Waals surface area contributed by atoms with Crippen molar-refractivity contribution >= 4 is 0 Å². The minimum absolute atomic E-state index is 0.374. The van der Waals surface area contributed by atoms with Gasteiger partial charge in [-0.05, 0) is 37.0 Å². The number of rotatable bonds is 4. The van der Waals surface area contributed by atoms with Crippen molar-refractivity contribution in [3.8, 4) is 6.07 Å². The number of nitrogens with zero attached hydrogens (tertiary/aromatic N) is 3. The van der Waals surface area contributed by atoms with Crippen molar-refractivity contribution < 1.29 is 4.74 Å². The molecule has 4 nitrogen and oxygen atoms in total. The van der Waals surface area contributed by atoms with Crippen LogP contribution in [0.4, 0.5) is 0 Å². The molecule has 0 spiro atoms. The monoisotopic (exact) mass is 313 g/mol. The summed E-state index contributed by atoms with van der Waals surface area (Å²) in [5, 5.41) is 8.88. The largest absolute Gasteiger partial charge is 0.381 e. The van der Waals surface area contributed by atoms with E-state index < -0.39 is 0 Å². The molecule has 0 N–H and O–H groups in total. The minimum atomic E-state index is 0.374. The highest BCUT2D eigenvalue weighted by molar-refractivity contribution is 5.31. The van der Waals surface area contributed by atoms with Gasteiger partial charge in [0.1, 0.15) is 0 Å². The standard InChI is InChI=1S/C19H27N3O/c1-2-19(7-13-23-14-8-19)22-11-9-21(10-12-22)16-18-5-3-17(15-20)4-6-18/h3-6H,2,7-14,16H2,1H3. The van der Waals surface area contributed by atoms with Crippen LogP contribution < -0.4 is 0 Å². The summed E-state index contributed by atoms with van der Waals surface area (Å²) in [6, 6.07) is 10.2. The van der Waals surface area contributed by atoms with Crippen LogP contribution in [0.25, 0.3) is 0 Å². The molecule has 0 bridgehead atoms. The fraction of sp³-hybridized carbons (Fsp3) is 0.632. The van der Waals surface area contributed by atoms with E-state index in [1.165, 1.54) is 24.8 Å². The lowest BCUT2D eigenvalue weighted by molar-refractivity contribution is -0.0499. The molecule has 2 aliphatic heterocycles. The van der Waals surface area contributed by atoms with Gasteiger partial charge in [-0.15, -0.1) is 0 Å². The molecule has 2 fully saturated rings. The molecule has 1 aromatic rings. The van der Waals surface area contributed by atoms with Gasteiger partial charge < -0.3 is 4.74 Å². The highest BCUT2D eigenvalue weighted by Gasteiger charge is 2.38. The SMILES string of the molecule is CCC1(N2CCN(Cc3ccc(C#N)cc3)CC2)CCOCC1. The molecule has 0 radical (unpaired) electrons. The molecule has 0 saturated carbocycles. The molecule has 3 rings (SSSR count). The Kier molecular flexibility index (Phi) is 5.32. The molecule has 0 aromatic heterocycles. The molecular weight excluding hydrogens is 286 g/mol. The van der Waals surface area contributed by atoms with E-state index in [0.29, 0.717) is 5.54 Å². The van der Waals surface area contributed by atoms with Crippen molar-refractivity contribution in [2.45, 2.75) is 38.3 Å². The van der Waals surface area contributed by atoms with E-state index in [2.05, 4.69) is 34.9 Å². The van der Waals surface area contributed by atoms with Gasteiger partial charge in [0, 0.05) is 51.5 Å². The van der Waals surface area contributed by atoms with Gasteiger partial charge in [-0.2, -0.15) is 5.26 Å². The second-order valence-electron chi connectivity index (χ2n) is 6.76. The smallest absolute Gasteiger partial charge is 0.0991 e.